The fraction of sp³-hybridized carbons (Fsp3) is 0.333. The zero-order valence-electron chi connectivity index (χ0n) is 4.99. The van der Waals surface area contributed by atoms with E-state index in [1.807, 2.05) is 6.20 Å². The van der Waals surface area contributed by atoms with Gasteiger partial charge in [-0.3, -0.25) is 0 Å². The van der Waals surface area contributed by atoms with Crippen LogP contribution in [-0.2, 0) is 0 Å². The van der Waals surface area contributed by atoms with E-state index in [4.69, 9.17) is 0 Å². The molecule has 2 nitrogen and oxygen atoms in total. The largest absolute Gasteiger partial charge is 0.368 e. The average Bonchev–Trinajstić information content (AvgIpc) is 1.77. The summed E-state index contributed by atoms with van der Waals surface area (Å²) >= 11 is 0. The highest BCUT2D eigenvalue weighted by molar-refractivity contribution is 5.10. The Hall–Kier alpha value is -0.920. The molecule has 0 saturated heterocycles. The van der Waals surface area contributed by atoms with Gasteiger partial charge in [-0.05, 0) is 12.5 Å². The Labute approximate surface area is 49.3 Å². The third kappa shape index (κ3) is 1.03. The summed E-state index contributed by atoms with van der Waals surface area (Å²) in [6, 6.07) is 0. The summed E-state index contributed by atoms with van der Waals surface area (Å²) in [7, 11) is 0. The first kappa shape index (κ1) is 5.22. The van der Waals surface area contributed by atoms with Crippen LogP contribution in [0.25, 0.3) is 0 Å². The molecular weight excluding hydrogens is 100 g/mol. The Morgan fingerprint density at radius 2 is 2.50 bits per heavy atom. The first-order valence-electron chi connectivity index (χ1n) is 2.64. The van der Waals surface area contributed by atoms with Gasteiger partial charge in [-0.15, -0.1) is 0 Å². The van der Waals surface area contributed by atoms with Crippen molar-refractivity contribution < 1.29 is 0 Å². The molecule has 2 N–H and O–H groups in total. The second kappa shape index (κ2) is 1.90. The van der Waals surface area contributed by atoms with Crippen LogP contribution in [0.15, 0.2) is 24.2 Å². The molecule has 0 fully saturated rings. The van der Waals surface area contributed by atoms with Crippen molar-refractivity contribution in [3.63, 3.8) is 0 Å². The molecule has 0 amide bonds. The summed E-state index contributed by atoms with van der Waals surface area (Å²) in [6.45, 7) is 6.67. The molecule has 0 spiro atoms. The number of hydrogen-bond acceptors (Lipinski definition) is 2. The maximum Gasteiger partial charge on any atom is 0.0955 e. The van der Waals surface area contributed by atoms with E-state index in [-0.39, 0.29) is 0 Å². The minimum absolute atomic E-state index is 0.885. The number of nitrogens with one attached hydrogen (secondary N) is 2. The molecule has 0 radical (unpaired) electrons. The van der Waals surface area contributed by atoms with Crippen LogP contribution in [0.2, 0.25) is 0 Å². The minimum atomic E-state index is 0.885. The predicted molar refractivity (Wildman–Crippen MR) is 34.0 cm³/mol. The molecule has 0 aromatic carbocycles. The van der Waals surface area contributed by atoms with E-state index < -0.39 is 0 Å². The molecular formula is C6H10N2. The molecule has 0 aromatic rings. The topological polar surface area (TPSA) is 24.1 Å². The molecule has 0 aliphatic carbocycles. The Bertz CT molecular complexity index is 135. The lowest BCUT2D eigenvalue weighted by Crippen LogP contribution is -2.28. The number of hydrogen-bond donors (Lipinski definition) is 2. The summed E-state index contributed by atoms with van der Waals surface area (Å²) in [5.41, 5.74) is 1.30. The van der Waals surface area contributed by atoms with Crippen molar-refractivity contribution in [2.24, 2.45) is 0 Å². The van der Waals surface area contributed by atoms with Crippen molar-refractivity contribution in [3.05, 3.63) is 24.2 Å². The van der Waals surface area contributed by atoms with Gasteiger partial charge < -0.3 is 10.6 Å². The quantitative estimate of drug-likeness (QED) is 0.476. The fourth-order valence-electron chi connectivity index (χ4n) is 0.558. The maximum absolute atomic E-state index is 3.68. The van der Waals surface area contributed by atoms with Gasteiger partial charge in [-0.25, -0.2) is 0 Å². The lowest BCUT2D eigenvalue weighted by Gasteiger charge is -2.15. The lowest BCUT2D eigenvalue weighted by molar-refractivity contribution is 0.757. The van der Waals surface area contributed by atoms with Crippen LogP contribution in [0.5, 0.6) is 0 Å². The van der Waals surface area contributed by atoms with Gasteiger partial charge in [0, 0.05) is 12.7 Å². The van der Waals surface area contributed by atoms with Crippen LogP contribution in [0.3, 0.4) is 0 Å². The average molecular weight is 110 g/mol. The van der Waals surface area contributed by atoms with Gasteiger partial charge >= 0.3 is 0 Å². The Balaban J connectivity index is 2.55. The second-order valence-corrected chi connectivity index (χ2v) is 1.97. The van der Waals surface area contributed by atoms with Crippen molar-refractivity contribution in [1.29, 1.82) is 0 Å². The van der Waals surface area contributed by atoms with Gasteiger partial charge in [0.25, 0.3) is 0 Å². The lowest BCUT2D eigenvalue weighted by atomic mass is 10.3. The van der Waals surface area contributed by atoms with Gasteiger partial charge in [0.1, 0.15) is 0 Å². The molecule has 1 aliphatic heterocycles. The van der Waals surface area contributed by atoms with Crippen LogP contribution < -0.4 is 10.6 Å². The van der Waals surface area contributed by atoms with Crippen molar-refractivity contribution >= 4 is 0 Å². The Morgan fingerprint density at radius 3 is 2.88 bits per heavy atom. The highest BCUT2D eigenvalue weighted by atomic mass is 15.1. The normalized spacial score (nSPS) is 18.6. The molecule has 1 heterocycles. The van der Waals surface area contributed by atoms with Gasteiger partial charge in [0.2, 0.25) is 0 Å². The van der Waals surface area contributed by atoms with E-state index >= 15 is 0 Å². The molecule has 0 saturated carbocycles. The van der Waals surface area contributed by atoms with Crippen LogP contribution in [0.1, 0.15) is 6.92 Å². The Kier molecular flexibility index (Phi) is 1.24. The van der Waals surface area contributed by atoms with Crippen molar-refractivity contribution in [1.82, 2.24) is 10.6 Å². The number of rotatable bonds is 0. The molecule has 8 heavy (non-hydrogen) atoms. The van der Waals surface area contributed by atoms with Gasteiger partial charge in [-0.1, -0.05) is 6.58 Å². The Morgan fingerprint density at radius 1 is 1.75 bits per heavy atom. The molecule has 0 atom stereocenters. The van der Waals surface area contributed by atoms with Crippen molar-refractivity contribution in [2.45, 2.75) is 6.92 Å². The highest BCUT2D eigenvalue weighted by Crippen LogP contribution is 1.94. The first-order chi connectivity index (χ1) is 3.79. The van der Waals surface area contributed by atoms with Crippen molar-refractivity contribution in [2.75, 3.05) is 6.54 Å². The molecule has 0 unspecified atom stereocenters. The standard InChI is InChI=1S/C6H10N2/c1-5-3-7-6(2)8-4-5/h3,7-8H,2,4H2,1H3. The SMILES string of the molecule is C=C1NC=C(C)CN1. The van der Waals surface area contributed by atoms with Crippen LogP contribution in [0.4, 0.5) is 0 Å². The zero-order valence-corrected chi connectivity index (χ0v) is 4.99. The van der Waals surface area contributed by atoms with Crippen LogP contribution >= 0.6 is 0 Å². The zero-order chi connectivity index (χ0) is 5.98. The molecule has 1 aliphatic rings. The summed E-state index contributed by atoms with van der Waals surface area (Å²) in [5, 5.41) is 6.02. The van der Waals surface area contributed by atoms with E-state index in [2.05, 4.69) is 24.1 Å². The summed E-state index contributed by atoms with van der Waals surface area (Å²) in [6.07, 6.45) is 1.96. The van der Waals surface area contributed by atoms with Crippen molar-refractivity contribution in [3.8, 4) is 0 Å². The molecule has 44 valence electrons. The second-order valence-electron chi connectivity index (χ2n) is 1.97. The summed E-state index contributed by atoms with van der Waals surface area (Å²) in [5.74, 6) is 0.885. The van der Waals surface area contributed by atoms with Crippen LogP contribution in [0, 0.1) is 0 Å². The molecule has 0 bridgehead atoms. The first-order valence-corrected chi connectivity index (χ1v) is 2.64. The smallest absolute Gasteiger partial charge is 0.0955 e. The molecule has 0 aromatic heterocycles. The molecule has 2 heteroatoms. The summed E-state index contributed by atoms with van der Waals surface area (Å²) in [4.78, 5) is 0. The maximum atomic E-state index is 3.68. The summed E-state index contributed by atoms with van der Waals surface area (Å²) < 4.78 is 0. The fourth-order valence-corrected chi connectivity index (χ4v) is 0.558. The van der Waals surface area contributed by atoms with E-state index in [1.54, 1.807) is 0 Å². The predicted octanol–water partition coefficient (Wildman–Crippen LogP) is 0.554. The third-order valence-corrected chi connectivity index (χ3v) is 1.07. The van der Waals surface area contributed by atoms with E-state index in [0.717, 1.165) is 12.4 Å². The highest BCUT2D eigenvalue weighted by Gasteiger charge is 1.96. The molecule has 1 rings (SSSR count). The van der Waals surface area contributed by atoms with E-state index in [0.29, 0.717) is 0 Å². The van der Waals surface area contributed by atoms with Crippen LogP contribution in [-0.4, -0.2) is 6.54 Å². The third-order valence-electron chi connectivity index (χ3n) is 1.07. The van der Waals surface area contributed by atoms with E-state index in [9.17, 15) is 0 Å². The van der Waals surface area contributed by atoms with E-state index in [1.165, 1.54) is 5.57 Å². The minimum Gasteiger partial charge on any atom is -0.368 e. The van der Waals surface area contributed by atoms with Gasteiger partial charge in [-0.2, -0.15) is 0 Å². The monoisotopic (exact) mass is 110 g/mol. The van der Waals surface area contributed by atoms with Gasteiger partial charge in [0.15, 0.2) is 0 Å². The van der Waals surface area contributed by atoms with Gasteiger partial charge in [0.05, 0.1) is 5.82 Å².